The second-order valence-electron chi connectivity index (χ2n) is 5.76. The Morgan fingerprint density at radius 2 is 2.04 bits per heavy atom. The molecular formula is C18H23ClN2O2. The molecule has 0 aliphatic carbocycles. The molecule has 4 nitrogen and oxygen atoms in total. The monoisotopic (exact) mass is 334 g/mol. The lowest BCUT2D eigenvalue weighted by atomic mass is 10.0. The summed E-state index contributed by atoms with van der Waals surface area (Å²) in [4.78, 5) is 12.5. The summed E-state index contributed by atoms with van der Waals surface area (Å²) in [6.07, 6.45) is 2.24. The number of nitrogens with one attached hydrogen (secondary N) is 2. The Labute approximate surface area is 143 Å². The van der Waals surface area contributed by atoms with E-state index in [-0.39, 0.29) is 18.3 Å². The fraction of sp³-hybridized carbons (Fsp3) is 0.389. The number of carbonyl (C=O) groups excluding carboxylic acids is 1. The van der Waals surface area contributed by atoms with Crippen LogP contribution in [0.5, 0.6) is 5.75 Å². The van der Waals surface area contributed by atoms with E-state index in [1.807, 2.05) is 36.4 Å². The third-order valence-corrected chi connectivity index (χ3v) is 4.35. The van der Waals surface area contributed by atoms with E-state index in [4.69, 9.17) is 4.74 Å². The summed E-state index contributed by atoms with van der Waals surface area (Å²) in [6.45, 7) is 2.90. The lowest BCUT2D eigenvalue weighted by molar-refractivity contribution is 0.0953. The average molecular weight is 335 g/mol. The normalized spacial score (nSPS) is 16.8. The minimum absolute atomic E-state index is 0. The first-order valence-corrected chi connectivity index (χ1v) is 7.84. The van der Waals surface area contributed by atoms with Crippen LogP contribution in [0.15, 0.2) is 36.4 Å². The summed E-state index contributed by atoms with van der Waals surface area (Å²) in [5, 5.41) is 8.30. The lowest BCUT2D eigenvalue weighted by Gasteiger charge is -2.12. The quantitative estimate of drug-likeness (QED) is 0.883. The highest BCUT2D eigenvalue weighted by Crippen LogP contribution is 2.28. The summed E-state index contributed by atoms with van der Waals surface area (Å²) >= 11 is 0. The van der Waals surface area contributed by atoms with Gasteiger partial charge < -0.3 is 15.4 Å². The SMILES string of the molecule is COc1ccc(C(=O)NCCC2CCNC2)c2ccccc12.Cl. The van der Waals surface area contributed by atoms with Gasteiger partial charge in [-0.25, -0.2) is 0 Å². The third kappa shape index (κ3) is 3.95. The molecule has 0 saturated carbocycles. The van der Waals surface area contributed by atoms with E-state index in [2.05, 4.69) is 10.6 Å². The van der Waals surface area contributed by atoms with Gasteiger partial charge >= 0.3 is 0 Å². The van der Waals surface area contributed by atoms with Crippen LogP contribution in [0.3, 0.4) is 0 Å². The molecule has 1 aliphatic heterocycles. The molecule has 2 aromatic carbocycles. The summed E-state index contributed by atoms with van der Waals surface area (Å²) in [5.74, 6) is 1.47. The van der Waals surface area contributed by atoms with Crippen molar-refractivity contribution in [3.05, 3.63) is 42.0 Å². The van der Waals surface area contributed by atoms with Crippen LogP contribution in [0, 0.1) is 5.92 Å². The predicted molar refractivity (Wildman–Crippen MR) is 95.7 cm³/mol. The van der Waals surface area contributed by atoms with Crippen molar-refractivity contribution in [1.29, 1.82) is 0 Å². The molecule has 1 heterocycles. The molecule has 0 radical (unpaired) electrons. The third-order valence-electron chi connectivity index (χ3n) is 4.35. The van der Waals surface area contributed by atoms with Crippen molar-refractivity contribution in [3.8, 4) is 5.75 Å². The topological polar surface area (TPSA) is 50.4 Å². The minimum atomic E-state index is -0.00944. The molecular weight excluding hydrogens is 312 g/mol. The molecule has 1 amide bonds. The molecule has 0 spiro atoms. The Morgan fingerprint density at radius 3 is 2.74 bits per heavy atom. The van der Waals surface area contributed by atoms with Gasteiger partial charge in [0.05, 0.1) is 7.11 Å². The van der Waals surface area contributed by atoms with Crippen LogP contribution in [0.2, 0.25) is 0 Å². The van der Waals surface area contributed by atoms with E-state index in [1.165, 1.54) is 6.42 Å². The van der Waals surface area contributed by atoms with Crippen molar-refractivity contribution in [3.63, 3.8) is 0 Å². The smallest absolute Gasteiger partial charge is 0.251 e. The van der Waals surface area contributed by atoms with E-state index in [9.17, 15) is 4.79 Å². The van der Waals surface area contributed by atoms with Crippen molar-refractivity contribution in [2.24, 2.45) is 5.92 Å². The molecule has 1 aliphatic rings. The average Bonchev–Trinajstić information content (AvgIpc) is 3.07. The molecule has 5 heteroatoms. The maximum Gasteiger partial charge on any atom is 0.251 e. The highest BCUT2D eigenvalue weighted by molar-refractivity contribution is 6.08. The molecule has 2 N–H and O–H groups in total. The van der Waals surface area contributed by atoms with E-state index >= 15 is 0 Å². The number of halogens is 1. The Kier molecular flexibility index (Phi) is 6.25. The molecule has 23 heavy (non-hydrogen) atoms. The molecule has 124 valence electrons. The fourth-order valence-electron chi connectivity index (χ4n) is 3.09. The van der Waals surface area contributed by atoms with Gasteiger partial charge in [-0.3, -0.25) is 4.79 Å². The Morgan fingerprint density at radius 1 is 1.26 bits per heavy atom. The van der Waals surface area contributed by atoms with Crippen molar-refractivity contribution < 1.29 is 9.53 Å². The van der Waals surface area contributed by atoms with E-state index in [0.29, 0.717) is 11.5 Å². The van der Waals surface area contributed by atoms with Gasteiger partial charge in [0.2, 0.25) is 0 Å². The Bertz CT molecular complexity index is 669. The number of hydrogen-bond donors (Lipinski definition) is 2. The molecule has 1 fully saturated rings. The van der Waals surface area contributed by atoms with Crippen molar-refractivity contribution >= 4 is 29.1 Å². The molecule has 0 aromatic heterocycles. The van der Waals surface area contributed by atoms with Crippen LogP contribution in [0.1, 0.15) is 23.2 Å². The number of ether oxygens (including phenoxy) is 1. The predicted octanol–water partition coefficient (Wildman–Crippen LogP) is 3.00. The summed E-state index contributed by atoms with van der Waals surface area (Å²) in [5.41, 5.74) is 0.709. The van der Waals surface area contributed by atoms with Crippen LogP contribution >= 0.6 is 12.4 Å². The standard InChI is InChI=1S/C18H22N2O2.ClH/c1-22-17-7-6-16(14-4-2-3-5-15(14)17)18(21)20-11-9-13-8-10-19-12-13;/h2-7,13,19H,8-12H2,1H3,(H,20,21);1H. The first-order chi connectivity index (χ1) is 10.8. The highest BCUT2D eigenvalue weighted by atomic mass is 35.5. The maximum atomic E-state index is 12.5. The zero-order valence-corrected chi connectivity index (χ0v) is 14.1. The number of benzene rings is 2. The number of rotatable bonds is 5. The van der Waals surface area contributed by atoms with Gasteiger partial charge in [-0.05, 0) is 49.4 Å². The molecule has 3 rings (SSSR count). The van der Waals surface area contributed by atoms with Crippen molar-refractivity contribution in [2.45, 2.75) is 12.8 Å². The van der Waals surface area contributed by atoms with Crippen LogP contribution in [-0.2, 0) is 0 Å². The number of amides is 1. The largest absolute Gasteiger partial charge is 0.496 e. The highest BCUT2D eigenvalue weighted by Gasteiger charge is 2.16. The van der Waals surface area contributed by atoms with Crippen LogP contribution in [0.4, 0.5) is 0 Å². The Hall–Kier alpha value is -1.78. The van der Waals surface area contributed by atoms with Crippen LogP contribution < -0.4 is 15.4 Å². The molecule has 2 aromatic rings. The van der Waals surface area contributed by atoms with Gasteiger partial charge in [0.1, 0.15) is 5.75 Å². The first kappa shape index (κ1) is 17.6. The molecule has 1 unspecified atom stereocenters. The van der Waals surface area contributed by atoms with Crippen LogP contribution in [0.25, 0.3) is 10.8 Å². The summed E-state index contributed by atoms with van der Waals surface area (Å²) in [7, 11) is 1.65. The van der Waals surface area contributed by atoms with Gasteiger partial charge in [0.15, 0.2) is 0 Å². The number of fused-ring (bicyclic) bond motifs is 1. The molecule has 1 atom stereocenters. The fourth-order valence-corrected chi connectivity index (χ4v) is 3.09. The molecule has 0 bridgehead atoms. The van der Waals surface area contributed by atoms with Crippen molar-refractivity contribution in [1.82, 2.24) is 10.6 Å². The van der Waals surface area contributed by atoms with E-state index < -0.39 is 0 Å². The van der Waals surface area contributed by atoms with Gasteiger partial charge in [0, 0.05) is 17.5 Å². The van der Waals surface area contributed by atoms with E-state index in [1.54, 1.807) is 7.11 Å². The van der Waals surface area contributed by atoms with Gasteiger partial charge in [-0.15, -0.1) is 12.4 Å². The van der Waals surface area contributed by atoms with Gasteiger partial charge in [-0.2, -0.15) is 0 Å². The van der Waals surface area contributed by atoms with Gasteiger partial charge in [0.25, 0.3) is 5.91 Å². The number of hydrogen-bond acceptors (Lipinski definition) is 3. The first-order valence-electron chi connectivity index (χ1n) is 7.84. The summed E-state index contributed by atoms with van der Waals surface area (Å²) in [6, 6.07) is 11.6. The second kappa shape index (κ2) is 8.18. The Balaban J connectivity index is 0.00000192. The zero-order valence-electron chi connectivity index (χ0n) is 13.3. The van der Waals surface area contributed by atoms with Crippen LogP contribution in [-0.4, -0.2) is 32.7 Å². The zero-order chi connectivity index (χ0) is 15.4. The van der Waals surface area contributed by atoms with E-state index in [0.717, 1.165) is 42.6 Å². The minimum Gasteiger partial charge on any atom is -0.496 e. The number of methoxy groups -OCH3 is 1. The lowest BCUT2D eigenvalue weighted by Crippen LogP contribution is -2.26. The second-order valence-corrected chi connectivity index (χ2v) is 5.76. The summed E-state index contributed by atoms with van der Waals surface area (Å²) < 4.78 is 5.37. The number of carbonyl (C=O) groups is 1. The van der Waals surface area contributed by atoms with Crippen molar-refractivity contribution in [2.75, 3.05) is 26.7 Å². The molecule has 1 saturated heterocycles. The maximum absolute atomic E-state index is 12.5. The van der Waals surface area contributed by atoms with Gasteiger partial charge in [-0.1, -0.05) is 24.3 Å².